The fourth-order valence-corrected chi connectivity index (χ4v) is 5.18. The van der Waals surface area contributed by atoms with Gasteiger partial charge in [-0.15, -0.1) is 0 Å². The summed E-state index contributed by atoms with van der Waals surface area (Å²) in [6.07, 6.45) is 2.04. The minimum Gasteiger partial charge on any atom is -0.324 e. The summed E-state index contributed by atoms with van der Waals surface area (Å²) in [4.78, 5) is 30.4. The van der Waals surface area contributed by atoms with Crippen LogP contribution in [-0.2, 0) is 17.8 Å². The third kappa shape index (κ3) is 5.08. The molecule has 0 saturated carbocycles. The lowest BCUT2D eigenvalue weighted by molar-refractivity contribution is -0.134. The van der Waals surface area contributed by atoms with E-state index in [4.69, 9.17) is 0 Å². The molecule has 0 radical (unpaired) electrons. The summed E-state index contributed by atoms with van der Waals surface area (Å²) in [5.74, 6) is 0.135. The van der Waals surface area contributed by atoms with Crippen molar-refractivity contribution in [3.63, 3.8) is 0 Å². The van der Waals surface area contributed by atoms with Gasteiger partial charge in [0.25, 0.3) is 0 Å². The van der Waals surface area contributed by atoms with Crippen LogP contribution < -0.4 is 10.6 Å². The zero-order valence-electron chi connectivity index (χ0n) is 20.1. The Balaban J connectivity index is 1.31. The predicted molar refractivity (Wildman–Crippen MR) is 138 cm³/mol. The van der Waals surface area contributed by atoms with E-state index in [9.17, 15) is 9.59 Å². The molecule has 2 aliphatic heterocycles. The van der Waals surface area contributed by atoms with Gasteiger partial charge in [0.05, 0.1) is 11.7 Å². The fraction of sp³-hybridized carbons (Fsp3) is 0.310. The second kappa shape index (κ2) is 9.92. The van der Waals surface area contributed by atoms with E-state index in [1.807, 2.05) is 77.4 Å². The van der Waals surface area contributed by atoms with Crippen molar-refractivity contribution in [1.29, 1.82) is 0 Å². The Morgan fingerprint density at radius 2 is 1.51 bits per heavy atom. The van der Waals surface area contributed by atoms with Crippen LogP contribution in [0, 0.1) is 6.92 Å². The quantitative estimate of drug-likeness (QED) is 0.577. The van der Waals surface area contributed by atoms with Gasteiger partial charge in [0.1, 0.15) is 0 Å². The SMILES string of the molecule is Cc1ccc(NC(=O)N2CCC3(CC2)NC(Cc2ccccc2)C(=O)N3Cc2ccccc2)cc1. The Kier molecular flexibility index (Phi) is 6.55. The lowest BCUT2D eigenvalue weighted by Gasteiger charge is -2.44. The summed E-state index contributed by atoms with van der Waals surface area (Å²) in [5, 5.41) is 6.71. The van der Waals surface area contributed by atoms with E-state index in [0.29, 0.717) is 38.9 Å². The van der Waals surface area contributed by atoms with E-state index in [0.717, 1.165) is 22.4 Å². The monoisotopic (exact) mass is 468 g/mol. The van der Waals surface area contributed by atoms with Gasteiger partial charge in [-0.3, -0.25) is 10.1 Å². The van der Waals surface area contributed by atoms with Gasteiger partial charge in [0, 0.05) is 38.2 Å². The highest BCUT2D eigenvalue weighted by atomic mass is 16.2. The van der Waals surface area contributed by atoms with E-state index in [1.165, 1.54) is 0 Å². The first-order valence-corrected chi connectivity index (χ1v) is 12.3. The molecular weight excluding hydrogens is 436 g/mol. The van der Waals surface area contributed by atoms with Crippen LogP contribution in [0.1, 0.15) is 29.5 Å². The molecule has 2 aliphatic rings. The van der Waals surface area contributed by atoms with Crippen molar-refractivity contribution < 1.29 is 9.59 Å². The van der Waals surface area contributed by atoms with Gasteiger partial charge < -0.3 is 15.1 Å². The summed E-state index contributed by atoms with van der Waals surface area (Å²) in [5.41, 5.74) is 3.76. The molecule has 0 bridgehead atoms. The van der Waals surface area contributed by atoms with E-state index in [2.05, 4.69) is 34.9 Å². The molecule has 3 amide bonds. The first-order valence-electron chi connectivity index (χ1n) is 12.3. The standard InChI is InChI=1S/C29H32N4O2/c1-22-12-14-25(15-13-22)30-28(35)32-18-16-29(17-19-32)31-26(20-23-8-4-2-5-9-23)27(34)33(29)21-24-10-6-3-7-11-24/h2-15,26,31H,16-21H2,1H3,(H,30,35). The Hall–Kier alpha value is -3.64. The van der Waals surface area contributed by atoms with Crippen molar-refractivity contribution in [1.82, 2.24) is 15.1 Å². The minimum absolute atomic E-state index is 0.0940. The maximum Gasteiger partial charge on any atom is 0.321 e. The molecular formula is C29H32N4O2. The molecule has 180 valence electrons. The first kappa shape index (κ1) is 23.1. The average Bonchev–Trinajstić information content (AvgIpc) is 3.12. The topological polar surface area (TPSA) is 64.7 Å². The number of carbonyl (C=O) groups is 2. The molecule has 3 aromatic carbocycles. The normalized spacial score (nSPS) is 19.2. The number of aryl methyl sites for hydroxylation is 1. The average molecular weight is 469 g/mol. The van der Waals surface area contributed by atoms with Gasteiger partial charge >= 0.3 is 6.03 Å². The molecule has 0 aliphatic carbocycles. The van der Waals surface area contributed by atoms with Gasteiger partial charge in [-0.05, 0) is 36.6 Å². The highest BCUT2D eigenvalue weighted by molar-refractivity contribution is 5.89. The lowest BCUT2D eigenvalue weighted by Crippen LogP contribution is -2.59. The lowest BCUT2D eigenvalue weighted by atomic mass is 9.95. The third-order valence-electron chi connectivity index (χ3n) is 7.17. The van der Waals surface area contributed by atoms with Crippen molar-refractivity contribution >= 4 is 17.6 Å². The van der Waals surface area contributed by atoms with Gasteiger partial charge in [-0.1, -0.05) is 78.4 Å². The second-order valence-corrected chi connectivity index (χ2v) is 9.61. The van der Waals surface area contributed by atoms with Crippen LogP contribution >= 0.6 is 0 Å². The van der Waals surface area contributed by atoms with Crippen LogP contribution in [0.25, 0.3) is 0 Å². The maximum atomic E-state index is 13.6. The van der Waals surface area contributed by atoms with Gasteiger partial charge in [0.2, 0.25) is 5.91 Å². The number of piperidine rings is 1. The maximum absolute atomic E-state index is 13.6. The van der Waals surface area contributed by atoms with Crippen LogP contribution in [0.3, 0.4) is 0 Å². The van der Waals surface area contributed by atoms with Gasteiger partial charge in [-0.2, -0.15) is 0 Å². The summed E-state index contributed by atoms with van der Waals surface area (Å²) < 4.78 is 0. The Bertz CT molecular complexity index is 1160. The molecule has 1 spiro atoms. The number of anilines is 1. The number of nitrogens with one attached hydrogen (secondary N) is 2. The van der Waals surface area contributed by atoms with Crippen molar-refractivity contribution in [3.05, 3.63) is 102 Å². The molecule has 1 unspecified atom stereocenters. The molecule has 35 heavy (non-hydrogen) atoms. The number of likely N-dealkylation sites (tertiary alicyclic amines) is 1. The summed E-state index contributed by atoms with van der Waals surface area (Å²) in [7, 11) is 0. The Morgan fingerprint density at radius 3 is 2.14 bits per heavy atom. The first-order chi connectivity index (χ1) is 17.0. The second-order valence-electron chi connectivity index (χ2n) is 9.61. The van der Waals surface area contributed by atoms with Crippen molar-refractivity contribution in [2.75, 3.05) is 18.4 Å². The van der Waals surface area contributed by atoms with E-state index >= 15 is 0 Å². The van der Waals surface area contributed by atoms with Crippen molar-refractivity contribution in [2.24, 2.45) is 0 Å². The predicted octanol–water partition coefficient (Wildman–Crippen LogP) is 4.56. The Labute approximate surface area is 206 Å². The van der Waals surface area contributed by atoms with Crippen LogP contribution in [-0.4, -0.2) is 46.5 Å². The highest BCUT2D eigenvalue weighted by Crippen LogP contribution is 2.35. The Morgan fingerprint density at radius 1 is 0.914 bits per heavy atom. The molecule has 1 atom stereocenters. The molecule has 2 heterocycles. The number of hydrogen-bond donors (Lipinski definition) is 2. The third-order valence-corrected chi connectivity index (χ3v) is 7.17. The van der Waals surface area contributed by atoms with Crippen LogP contribution in [0.4, 0.5) is 10.5 Å². The number of nitrogens with zero attached hydrogens (tertiary/aromatic N) is 2. The molecule has 6 heteroatoms. The largest absolute Gasteiger partial charge is 0.324 e. The smallest absolute Gasteiger partial charge is 0.321 e. The number of urea groups is 1. The summed E-state index contributed by atoms with van der Waals surface area (Å²) in [6, 6.07) is 27.8. The van der Waals surface area contributed by atoms with Crippen molar-refractivity contribution in [3.8, 4) is 0 Å². The fourth-order valence-electron chi connectivity index (χ4n) is 5.18. The van der Waals surface area contributed by atoms with E-state index < -0.39 is 5.66 Å². The number of carbonyl (C=O) groups excluding carboxylic acids is 2. The molecule has 3 aromatic rings. The van der Waals surface area contributed by atoms with Crippen LogP contribution in [0.2, 0.25) is 0 Å². The van der Waals surface area contributed by atoms with E-state index in [-0.39, 0.29) is 18.0 Å². The number of amides is 3. The molecule has 0 aromatic heterocycles. The molecule has 2 N–H and O–H groups in total. The van der Waals surface area contributed by atoms with Gasteiger partial charge in [-0.25, -0.2) is 4.79 Å². The minimum atomic E-state index is -0.451. The summed E-state index contributed by atoms with van der Waals surface area (Å²) in [6.45, 7) is 3.76. The zero-order valence-corrected chi connectivity index (χ0v) is 20.1. The summed E-state index contributed by atoms with van der Waals surface area (Å²) >= 11 is 0. The van der Waals surface area contributed by atoms with Gasteiger partial charge in [0.15, 0.2) is 0 Å². The van der Waals surface area contributed by atoms with Crippen LogP contribution in [0.5, 0.6) is 0 Å². The highest BCUT2D eigenvalue weighted by Gasteiger charge is 2.51. The number of hydrogen-bond acceptors (Lipinski definition) is 3. The zero-order chi connectivity index (χ0) is 24.3. The molecule has 2 saturated heterocycles. The molecule has 6 nitrogen and oxygen atoms in total. The molecule has 5 rings (SSSR count). The van der Waals surface area contributed by atoms with E-state index in [1.54, 1.807) is 0 Å². The van der Waals surface area contributed by atoms with Crippen molar-refractivity contribution in [2.45, 2.75) is 44.4 Å². The number of rotatable bonds is 5. The number of benzene rings is 3. The molecule has 2 fully saturated rings. The van der Waals surface area contributed by atoms with Crippen LogP contribution in [0.15, 0.2) is 84.9 Å².